The van der Waals surface area contributed by atoms with Crippen molar-refractivity contribution in [3.63, 3.8) is 0 Å². The minimum absolute atomic E-state index is 0.394. The van der Waals surface area contributed by atoms with Crippen LogP contribution in [-0.2, 0) is 6.42 Å². The first-order valence-electron chi connectivity index (χ1n) is 5.77. The Labute approximate surface area is 106 Å². The molecule has 2 N–H and O–H groups in total. The van der Waals surface area contributed by atoms with E-state index in [0.29, 0.717) is 11.3 Å². The molecule has 0 spiro atoms. The number of ether oxygens (including phenoxy) is 1. The van der Waals surface area contributed by atoms with Gasteiger partial charge in [0.1, 0.15) is 5.75 Å². The van der Waals surface area contributed by atoms with Crippen molar-refractivity contribution in [2.24, 2.45) is 0 Å². The van der Waals surface area contributed by atoms with Crippen LogP contribution < -0.4 is 4.74 Å². The van der Waals surface area contributed by atoms with Gasteiger partial charge in [-0.3, -0.25) is 0 Å². The van der Waals surface area contributed by atoms with Gasteiger partial charge in [0, 0.05) is 5.56 Å². The first-order chi connectivity index (χ1) is 8.70. The Morgan fingerprint density at radius 1 is 1.00 bits per heavy atom. The molecule has 0 radical (unpaired) electrons. The highest BCUT2D eigenvalue weighted by Crippen LogP contribution is 2.25. The highest BCUT2D eigenvalue weighted by atomic mass is 16.5. The topological polar surface area (TPSA) is 49.7 Å². The lowest BCUT2D eigenvalue weighted by atomic mass is 10.0. The van der Waals surface area contributed by atoms with E-state index in [1.807, 2.05) is 36.4 Å². The number of benzene rings is 2. The highest BCUT2D eigenvalue weighted by Gasteiger charge is 2.11. The predicted octanol–water partition coefficient (Wildman–Crippen LogP) is 2.27. The van der Waals surface area contributed by atoms with Crippen LogP contribution in [0.3, 0.4) is 0 Å². The van der Waals surface area contributed by atoms with E-state index in [1.54, 1.807) is 12.1 Å². The number of hydrogen-bond acceptors (Lipinski definition) is 3. The molecule has 0 saturated carbocycles. The van der Waals surface area contributed by atoms with Crippen molar-refractivity contribution in [2.75, 3.05) is 7.11 Å². The van der Waals surface area contributed by atoms with E-state index in [4.69, 9.17) is 4.74 Å². The molecule has 3 nitrogen and oxygen atoms in total. The Bertz CT molecular complexity index is 506. The molecule has 2 aromatic rings. The van der Waals surface area contributed by atoms with Gasteiger partial charge in [-0.15, -0.1) is 0 Å². The van der Waals surface area contributed by atoms with Crippen LogP contribution in [0, 0.1) is 0 Å². The fourth-order valence-electron chi connectivity index (χ4n) is 1.93. The molecule has 2 aromatic carbocycles. The first-order valence-corrected chi connectivity index (χ1v) is 5.77. The van der Waals surface area contributed by atoms with E-state index < -0.39 is 6.29 Å². The Morgan fingerprint density at radius 3 is 2.33 bits per heavy atom. The number of aliphatic hydroxyl groups is 2. The Balaban J connectivity index is 2.27. The molecule has 0 aliphatic carbocycles. The predicted molar refractivity (Wildman–Crippen MR) is 69.4 cm³/mol. The van der Waals surface area contributed by atoms with Crippen LogP contribution in [0.4, 0.5) is 0 Å². The molecule has 0 aliphatic heterocycles. The number of methoxy groups -OCH3 is 1. The SMILES string of the molecule is COc1ccc(Cc2ccccc2)cc1C(O)O. The second kappa shape index (κ2) is 5.67. The van der Waals surface area contributed by atoms with Crippen LogP contribution in [0.25, 0.3) is 0 Å². The number of aliphatic hydroxyl groups excluding tert-OH is 1. The van der Waals surface area contributed by atoms with E-state index >= 15 is 0 Å². The monoisotopic (exact) mass is 244 g/mol. The van der Waals surface area contributed by atoms with Crippen LogP contribution in [0.1, 0.15) is 23.0 Å². The molecule has 94 valence electrons. The Morgan fingerprint density at radius 2 is 1.72 bits per heavy atom. The summed E-state index contributed by atoms with van der Waals surface area (Å²) in [5.74, 6) is 0.488. The summed E-state index contributed by atoms with van der Waals surface area (Å²) >= 11 is 0. The molecule has 0 fully saturated rings. The van der Waals surface area contributed by atoms with Crippen LogP contribution in [-0.4, -0.2) is 17.3 Å². The fourth-order valence-corrected chi connectivity index (χ4v) is 1.93. The van der Waals surface area contributed by atoms with Gasteiger partial charge >= 0.3 is 0 Å². The molecular weight excluding hydrogens is 228 g/mol. The van der Waals surface area contributed by atoms with E-state index in [1.165, 1.54) is 12.7 Å². The summed E-state index contributed by atoms with van der Waals surface area (Å²) in [5.41, 5.74) is 2.59. The highest BCUT2D eigenvalue weighted by molar-refractivity contribution is 5.39. The van der Waals surface area contributed by atoms with E-state index in [9.17, 15) is 10.2 Å². The van der Waals surface area contributed by atoms with Crippen LogP contribution >= 0.6 is 0 Å². The molecule has 3 heteroatoms. The molecule has 0 aromatic heterocycles. The second-order valence-electron chi connectivity index (χ2n) is 4.11. The zero-order chi connectivity index (χ0) is 13.0. The van der Waals surface area contributed by atoms with Gasteiger partial charge in [0.05, 0.1) is 7.11 Å². The summed E-state index contributed by atoms with van der Waals surface area (Å²) in [5, 5.41) is 18.6. The zero-order valence-corrected chi connectivity index (χ0v) is 10.2. The summed E-state index contributed by atoms with van der Waals surface area (Å²) < 4.78 is 5.09. The molecule has 2 rings (SSSR count). The van der Waals surface area contributed by atoms with Gasteiger partial charge in [-0.25, -0.2) is 0 Å². The largest absolute Gasteiger partial charge is 0.496 e. The number of rotatable bonds is 4. The quantitative estimate of drug-likeness (QED) is 0.811. The minimum atomic E-state index is -1.52. The minimum Gasteiger partial charge on any atom is -0.496 e. The molecule has 0 atom stereocenters. The lowest BCUT2D eigenvalue weighted by Gasteiger charge is -2.12. The van der Waals surface area contributed by atoms with Crippen molar-refractivity contribution in [2.45, 2.75) is 12.7 Å². The van der Waals surface area contributed by atoms with Gasteiger partial charge in [-0.05, 0) is 29.7 Å². The molecule has 0 bridgehead atoms. The van der Waals surface area contributed by atoms with Crippen molar-refractivity contribution < 1.29 is 14.9 Å². The van der Waals surface area contributed by atoms with E-state index in [2.05, 4.69) is 0 Å². The smallest absolute Gasteiger partial charge is 0.182 e. The van der Waals surface area contributed by atoms with Crippen LogP contribution in [0.15, 0.2) is 48.5 Å². The summed E-state index contributed by atoms with van der Waals surface area (Å²) in [6, 6.07) is 15.5. The maximum absolute atomic E-state index is 9.30. The first kappa shape index (κ1) is 12.6. The summed E-state index contributed by atoms with van der Waals surface area (Å²) in [4.78, 5) is 0. The summed E-state index contributed by atoms with van der Waals surface area (Å²) in [6.07, 6.45) is -0.763. The second-order valence-corrected chi connectivity index (χ2v) is 4.11. The molecule has 0 amide bonds. The molecule has 0 saturated heterocycles. The van der Waals surface area contributed by atoms with Crippen molar-refractivity contribution in [1.82, 2.24) is 0 Å². The molecular formula is C15H16O3. The van der Waals surface area contributed by atoms with Gasteiger partial charge in [-0.1, -0.05) is 36.4 Å². The third-order valence-corrected chi connectivity index (χ3v) is 2.82. The Hall–Kier alpha value is -1.84. The van der Waals surface area contributed by atoms with Gasteiger partial charge in [0.2, 0.25) is 0 Å². The maximum Gasteiger partial charge on any atom is 0.182 e. The van der Waals surface area contributed by atoms with E-state index in [0.717, 1.165) is 12.0 Å². The van der Waals surface area contributed by atoms with Gasteiger partial charge in [0.15, 0.2) is 6.29 Å². The van der Waals surface area contributed by atoms with E-state index in [-0.39, 0.29) is 0 Å². The van der Waals surface area contributed by atoms with Crippen LogP contribution in [0.2, 0.25) is 0 Å². The standard InChI is InChI=1S/C15H16O3/c1-18-14-8-7-12(10-13(14)15(16)17)9-11-5-3-2-4-6-11/h2-8,10,15-17H,9H2,1H3. The molecule has 18 heavy (non-hydrogen) atoms. The summed E-state index contributed by atoms with van der Waals surface area (Å²) in [6.45, 7) is 0. The van der Waals surface area contributed by atoms with Gasteiger partial charge in [-0.2, -0.15) is 0 Å². The van der Waals surface area contributed by atoms with Gasteiger partial charge < -0.3 is 14.9 Å². The maximum atomic E-state index is 9.30. The van der Waals surface area contributed by atoms with Crippen molar-refractivity contribution >= 4 is 0 Å². The molecule has 0 aliphatic rings. The third-order valence-electron chi connectivity index (χ3n) is 2.82. The summed E-state index contributed by atoms with van der Waals surface area (Å²) in [7, 11) is 1.51. The average Bonchev–Trinajstić information content (AvgIpc) is 2.40. The Kier molecular flexibility index (Phi) is 3.97. The average molecular weight is 244 g/mol. The van der Waals surface area contributed by atoms with Crippen LogP contribution in [0.5, 0.6) is 5.75 Å². The lowest BCUT2D eigenvalue weighted by molar-refractivity contribution is -0.0439. The third kappa shape index (κ3) is 2.88. The number of hydrogen-bond donors (Lipinski definition) is 2. The van der Waals surface area contributed by atoms with Gasteiger partial charge in [0.25, 0.3) is 0 Å². The molecule has 0 heterocycles. The van der Waals surface area contributed by atoms with Crippen molar-refractivity contribution in [3.8, 4) is 5.75 Å². The normalized spacial score (nSPS) is 10.7. The zero-order valence-electron chi connectivity index (χ0n) is 10.2. The molecule has 0 unspecified atom stereocenters. The van der Waals surface area contributed by atoms with Crippen molar-refractivity contribution in [1.29, 1.82) is 0 Å². The lowest BCUT2D eigenvalue weighted by Crippen LogP contribution is -2.00. The fraction of sp³-hybridized carbons (Fsp3) is 0.200. The van der Waals surface area contributed by atoms with Crippen molar-refractivity contribution in [3.05, 3.63) is 65.2 Å².